The van der Waals surface area contributed by atoms with Crippen LogP contribution in [0.15, 0.2) is 18.2 Å². The molecule has 0 bridgehead atoms. The van der Waals surface area contributed by atoms with Crippen molar-refractivity contribution in [1.82, 2.24) is 5.32 Å². The number of hydrogen-bond acceptors (Lipinski definition) is 4. The van der Waals surface area contributed by atoms with Gasteiger partial charge in [0.05, 0.1) is 11.2 Å². The summed E-state index contributed by atoms with van der Waals surface area (Å²) in [6, 6.07) is 5.23. The highest BCUT2D eigenvalue weighted by molar-refractivity contribution is 6.00. The molecule has 0 heterocycles. The Balaban J connectivity index is 2.87. The topological polar surface area (TPSA) is 76.4 Å². The molecule has 0 aromatic heterocycles. The van der Waals surface area contributed by atoms with Crippen LogP contribution in [0.3, 0.4) is 0 Å². The summed E-state index contributed by atoms with van der Waals surface area (Å²) in [7, 11) is 0. The van der Waals surface area contributed by atoms with Gasteiger partial charge >= 0.3 is 0 Å². The van der Waals surface area contributed by atoms with Crippen LogP contribution in [0.5, 0.6) is 0 Å². The minimum absolute atomic E-state index is 0.107. The zero-order valence-corrected chi connectivity index (χ0v) is 12.7. The van der Waals surface area contributed by atoms with E-state index in [9.17, 15) is 4.79 Å². The molecule has 1 aromatic carbocycles. The van der Waals surface area contributed by atoms with Crippen molar-refractivity contribution in [3.05, 3.63) is 23.8 Å². The number of nitrogens with two attached hydrogens (primary N) is 1. The molecule has 0 aliphatic carbocycles. The third-order valence-corrected chi connectivity index (χ3v) is 2.87. The van der Waals surface area contributed by atoms with Gasteiger partial charge in [0.2, 0.25) is 0 Å². The van der Waals surface area contributed by atoms with Crippen molar-refractivity contribution in [1.29, 1.82) is 0 Å². The summed E-state index contributed by atoms with van der Waals surface area (Å²) in [6.45, 7) is 9.69. The maximum atomic E-state index is 12.0. The lowest BCUT2D eigenvalue weighted by atomic mass is 10.1. The van der Waals surface area contributed by atoms with Crippen molar-refractivity contribution in [3.8, 4) is 0 Å². The summed E-state index contributed by atoms with van der Waals surface area (Å²) < 4.78 is 5.63. The predicted molar refractivity (Wildman–Crippen MR) is 83.1 cm³/mol. The second-order valence-corrected chi connectivity index (χ2v) is 5.21. The molecule has 0 spiro atoms. The number of carbonyl (C=O) groups is 1. The molecule has 20 heavy (non-hydrogen) atoms. The standard InChI is InChI=1S/C15H25N3O2/c1-5-17-14(19)12-8-7-11(16)9-13(12)18-10-15(3,4)20-6-2/h7-9,18H,5-6,10,16H2,1-4H3,(H,17,19). The number of benzene rings is 1. The number of nitrogen functional groups attached to an aromatic ring is 1. The Morgan fingerprint density at radius 1 is 1.35 bits per heavy atom. The minimum atomic E-state index is -0.308. The van der Waals surface area contributed by atoms with Gasteiger partial charge in [0.1, 0.15) is 0 Å². The fraction of sp³-hybridized carbons (Fsp3) is 0.533. The molecule has 1 amide bonds. The Labute approximate surface area is 120 Å². The van der Waals surface area contributed by atoms with Crippen LogP contribution in [-0.4, -0.2) is 31.2 Å². The number of hydrogen-bond donors (Lipinski definition) is 3. The molecule has 5 heteroatoms. The second kappa shape index (κ2) is 7.14. The number of ether oxygens (including phenoxy) is 1. The lowest BCUT2D eigenvalue weighted by Gasteiger charge is -2.26. The molecule has 0 fully saturated rings. The first-order chi connectivity index (χ1) is 9.39. The van der Waals surface area contributed by atoms with Crippen LogP contribution in [0, 0.1) is 0 Å². The lowest BCUT2D eigenvalue weighted by molar-refractivity contribution is 0.000677. The van der Waals surface area contributed by atoms with E-state index in [-0.39, 0.29) is 11.5 Å². The number of carbonyl (C=O) groups excluding carboxylic acids is 1. The molecular formula is C15H25N3O2. The van der Waals surface area contributed by atoms with Gasteiger partial charge in [0.15, 0.2) is 0 Å². The van der Waals surface area contributed by atoms with Gasteiger partial charge < -0.3 is 21.1 Å². The summed E-state index contributed by atoms with van der Waals surface area (Å²) in [5.41, 5.74) is 7.43. The number of anilines is 2. The molecule has 0 radical (unpaired) electrons. The highest BCUT2D eigenvalue weighted by Crippen LogP contribution is 2.21. The molecule has 1 rings (SSSR count). The molecule has 1 aromatic rings. The van der Waals surface area contributed by atoms with Crippen LogP contribution in [0.25, 0.3) is 0 Å². The Kier molecular flexibility index (Phi) is 5.82. The second-order valence-electron chi connectivity index (χ2n) is 5.21. The summed E-state index contributed by atoms with van der Waals surface area (Å²) in [5, 5.41) is 6.05. The van der Waals surface area contributed by atoms with Crippen LogP contribution in [-0.2, 0) is 4.74 Å². The van der Waals surface area contributed by atoms with Crippen molar-refractivity contribution in [2.24, 2.45) is 0 Å². The van der Waals surface area contributed by atoms with E-state index in [1.165, 1.54) is 0 Å². The molecule has 0 saturated heterocycles. The third-order valence-electron chi connectivity index (χ3n) is 2.87. The predicted octanol–water partition coefficient (Wildman–Crippen LogP) is 2.25. The Morgan fingerprint density at radius 2 is 2.05 bits per heavy atom. The molecule has 112 valence electrons. The molecule has 0 atom stereocenters. The van der Waals surface area contributed by atoms with Crippen LogP contribution in [0.2, 0.25) is 0 Å². The zero-order chi connectivity index (χ0) is 15.2. The Hall–Kier alpha value is -1.75. The summed E-state index contributed by atoms with van der Waals surface area (Å²) >= 11 is 0. The van der Waals surface area contributed by atoms with E-state index in [4.69, 9.17) is 10.5 Å². The van der Waals surface area contributed by atoms with E-state index in [1.54, 1.807) is 18.2 Å². The van der Waals surface area contributed by atoms with E-state index < -0.39 is 0 Å². The van der Waals surface area contributed by atoms with Crippen LogP contribution >= 0.6 is 0 Å². The summed E-state index contributed by atoms with van der Waals surface area (Å²) in [4.78, 5) is 12.0. The summed E-state index contributed by atoms with van der Waals surface area (Å²) in [5.74, 6) is -0.107. The molecular weight excluding hydrogens is 254 g/mol. The van der Waals surface area contributed by atoms with Gasteiger partial charge in [-0.25, -0.2) is 0 Å². The Bertz CT molecular complexity index is 458. The molecule has 5 nitrogen and oxygen atoms in total. The average Bonchev–Trinajstić information content (AvgIpc) is 2.36. The van der Waals surface area contributed by atoms with Gasteiger partial charge in [-0.1, -0.05) is 0 Å². The highest BCUT2D eigenvalue weighted by Gasteiger charge is 2.19. The number of nitrogens with one attached hydrogen (secondary N) is 2. The maximum absolute atomic E-state index is 12.0. The van der Waals surface area contributed by atoms with Crippen LogP contribution in [0.4, 0.5) is 11.4 Å². The fourth-order valence-corrected chi connectivity index (χ4v) is 1.91. The van der Waals surface area contributed by atoms with Crippen molar-refractivity contribution < 1.29 is 9.53 Å². The fourth-order valence-electron chi connectivity index (χ4n) is 1.91. The van der Waals surface area contributed by atoms with Crippen molar-refractivity contribution in [3.63, 3.8) is 0 Å². The average molecular weight is 279 g/mol. The molecule has 4 N–H and O–H groups in total. The number of amides is 1. The SMILES string of the molecule is CCNC(=O)c1ccc(N)cc1NCC(C)(C)OCC. The largest absolute Gasteiger partial charge is 0.399 e. The lowest BCUT2D eigenvalue weighted by Crippen LogP contribution is -2.34. The molecule has 0 saturated carbocycles. The van der Waals surface area contributed by atoms with Crippen molar-refractivity contribution in [2.75, 3.05) is 30.7 Å². The van der Waals surface area contributed by atoms with E-state index in [0.29, 0.717) is 30.9 Å². The van der Waals surface area contributed by atoms with Gasteiger partial charge in [-0.05, 0) is 45.9 Å². The van der Waals surface area contributed by atoms with Crippen LogP contribution in [0.1, 0.15) is 38.1 Å². The van der Waals surface area contributed by atoms with Gasteiger partial charge in [-0.2, -0.15) is 0 Å². The van der Waals surface area contributed by atoms with Crippen molar-refractivity contribution in [2.45, 2.75) is 33.3 Å². The smallest absolute Gasteiger partial charge is 0.253 e. The quantitative estimate of drug-likeness (QED) is 0.669. The van der Waals surface area contributed by atoms with E-state index >= 15 is 0 Å². The molecule has 0 unspecified atom stereocenters. The van der Waals surface area contributed by atoms with Crippen LogP contribution < -0.4 is 16.4 Å². The Morgan fingerprint density at radius 3 is 2.65 bits per heavy atom. The highest BCUT2D eigenvalue weighted by atomic mass is 16.5. The van der Waals surface area contributed by atoms with Crippen molar-refractivity contribution >= 4 is 17.3 Å². The van der Waals surface area contributed by atoms with Gasteiger partial charge in [0.25, 0.3) is 5.91 Å². The first-order valence-electron chi connectivity index (χ1n) is 6.95. The summed E-state index contributed by atoms with van der Waals surface area (Å²) in [6.07, 6.45) is 0. The van der Waals surface area contributed by atoms with Gasteiger partial charge in [-0.15, -0.1) is 0 Å². The third kappa shape index (κ3) is 4.74. The zero-order valence-electron chi connectivity index (χ0n) is 12.7. The van der Waals surface area contributed by atoms with Gasteiger partial charge in [0, 0.05) is 31.1 Å². The monoisotopic (exact) mass is 279 g/mol. The molecule has 0 aliphatic heterocycles. The molecule has 0 aliphatic rings. The van der Waals surface area contributed by atoms with E-state index in [2.05, 4.69) is 10.6 Å². The van der Waals surface area contributed by atoms with Gasteiger partial charge in [-0.3, -0.25) is 4.79 Å². The number of rotatable bonds is 7. The van der Waals surface area contributed by atoms with E-state index in [0.717, 1.165) is 5.69 Å². The first-order valence-corrected chi connectivity index (χ1v) is 6.95. The minimum Gasteiger partial charge on any atom is -0.399 e. The maximum Gasteiger partial charge on any atom is 0.253 e. The van der Waals surface area contributed by atoms with E-state index in [1.807, 2.05) is 27.7 Å². The normalized spacial score (nSPS) is 11.2. The first kappa shape index (κ1) is 16.3.